The van der Waals surface area contributed by atoms with Gasteiger partial charge in [-0.25, -0.2) is 12.8 Å². The number of benzene rings is 2. The van der Waals surface area contributed by atoms with E-state index < -0.39 is 34.3 Å². The van der Waals surface area contributed by atoms with Gasteiger partial charge in [-0.05, 0) is 42.2 Å². The average Bonchev–Trinajstić information content (AvgIpc) is 2.79. The summed E-state index contributed by atoms with van der Waals surface area (Å²) < 4.78 is 39.6. The molecular weight excluding hydrogens is 552 g/mol. The summed E-state index contributed by atoms with van der Waals surface area (Å²) in [6.45, 7) is 5.34. The standard InChI is InChI=1S/C24H29Cl3FN3O4S/c1-5-21(24(33)29-12-15(2)3)30(13-16-6-8-17(28)9-7-16)23(32)14-31(36(4,34)35)22-11-19(26)18(25)10-20(22)27/h6-11,15,21H,5,12-14H2,1-4H3,(H,29,33)/t21-/m1/s1. The van der Waals surface area contributed by atoms with Crippen LogP contribution in [0.15, 0.2) is 36.4 Å². The zero-order valence-electron chi connectivity index (χ0n) is 20.4. The van der Waals surface area contributed by atoms with E-state index in [9.17, 15) is 22.4 Å². The summed E-state index contributed by atoms with van der Waals surface area (Å²) in [4.78, 5) is 27.9. The largest absolute Gasteiger partial charge is 0.354 e. The Morgan fingerprint density at radius 1 is 1.03 bits per heavy atom. The summed E-state index contributed by atoms with van der Waals surface area (Å²) >= 11 is 18.3. The molecule has 0 fully saturated rings. The highest BCUT2D eigenvalue weighted by molar-refractivity contribution is 7.92. The van der Waals surface area contributed by atoms with Gasteiger partial charge in [-0.3, -0.25) is 13.9 Å². The van der Waals surface area contributed by atoms with Gasteiger partial charge >= 0.3 is 0 Å². The Hall–Kier alpha value is -2.07. The third-order valence-electron chi connectivity index (χ3n) is 5.27. The fourth-order valence-corrected chi connectivity index (χ4v) is 4.97. The Morgan fingerprint density at radius 2 is 1.61 bits per heavy atom. The van der Waals surface area contributed by atoms with Crippen molar-refractivity contribution in [3.63, 3.8) is 0 Å². The maximum Gasteiger partial charge on any atom is 0.244 e. The molecule has 0 aliphatic heterocycles. The minimum absolute atomic E-state index is 0.0190. The molecular formula is C24H29Cl3FN3O4S. The minimum Gasteiger partial charge on any atom is -0.354 e. The number of amides is 2. The monoisotopic (exact) mass is 579 g/mol. The van der Waals surface area contributed by atoms with Gasteiger partial charge in [0.1, 0.15) is 18.4 Å². The minimum atomic E-state index is -4.00. The van der Waals surface area contributed by atoms with Gasteiger partial charge in [-0.2, -0.15) is 0 Å². The molecule has 7 nitrogen and oxygen atoms in total. The SMILES string of the molecule is CC[C@H](C(=O)NCC(C)C)N(Cc1ccc(F)cc1)C(=O)CN(c1cc(Cl)c(Cl)cc1Cl)S(C)(=O)=O. The number of nitrogens with zero attached hydrogens (tertiary/aromatic N) is 2. The predicted molar refractivity (Wildman–Crippen MR) is 143 cm³/mol. The summed E-state index contributed by atoms with van der Waals surface area (Å²) in [5.74, 6) is -1.29. The van der Waals surface area contributed by atoms with Gasteiger partial charge in [0.05, 0.1) is 27.0 Å². The van der Waals surface area contributed by atoms with Gasteiger partial charge in [-0.15, -0.1) is 0 Å². The zero-order chi connectivity index (χ0) is 27.2. The third kappa shape index (κ3) is 8.23. The quantitative estimate of drug-likeness (QED) is 0.373. The van der Waals surface area contributed by atoms with Crippen molar-refractivity contribution in [1.29, 1.82) is 0 Å². The molecule has 0 aromatic heterocycles. The van der Waals surface area contributed by atoms with Crippen LogP contribution in [0, 0.1) is 11.7 Å². The summed E-state index contributed by atoms with van der Waals surface area (Å²) in [5.41, 5.74) is 0.541. The Bertz CT molecular complexity index is 1190. The van der Waals surface area contributed by atoms with Crippen molar-refractivity contribution in [3.8, 4) is 0 Å². The van der Waals surface area contributed by atoms with Gasteiger partial charge < -0.3 is 10.2 Å². The van der Waals surface area contributed by atoms with E-state index in [1.807, 2.05) is 13.8 Å². The topological polar surface area (TPSA) is 86.8 Å². The molecule has 0 heterocycles. The second-order valence-electron chi connectivity index (χ2n) is 8.70. The number of sulfonamides is 1. The lowest BCUT2D eigenvalue weighted by Crippen LogP contribution is -2.52. The van der Waals surface area contributed by atoms with Crippen LogP contribution in [0.1, 0.15) is 32.8 Å². The van der Waals surface area contributed by atoms with Crippen molar-refractivity contribution in [1.82, 2.24) is 10.2 Å². The number of nitrogens with one attached hydrogen (secondary N) is 1. The molecule has 2 amide bonds. The molecule has 0 bridgehead atoms. The normalized spacial score (nSPS) is 12.4. The van der Waals surface area contributed by atoms with Crippen LogP contribution in [0.5, 0.6) is 0 Å². The van der Waals surface area contributed by atoms with Crippen LogP contribution in [0.4, 0.5) is 10.1 Å². The number of carbonyl (C=O) groups is 2. The lowest BCUT2D eigenvalue weighted by atomic mass is 10.1. The fraction of sp³-hybridized carbons (Fsp3) is 0.417. The van der Waals surface area contributed by atoms with E-state index in [-0.39, 0.29) is 45.5 Å². The van der Waals surface area contributed by atoms with Crippen LogP contribution in [0.25, 0.3) is 0 Å². The highest BCUT2D eigenvalue weighted by atomic mass is 35.5. The van der Waals surface area contributed by atoms with E-state index in [2.05, 4.69) is 5.32 Å². The third-order valence-corrected chi connectivity index (χ3v) is 7.43. The molecule has 0 unspecified atom stereocenters. The molecule has 2 aromatic carbocycles. The van der Waals surface area contributed by atoms with Crippen molar-refractivity contribution in [3.05, 3.63) is 62.8 Å². The first-order valence-electron chi connectivity index (χ1n) is 11.2. The molecule has 0 spiro atoms. The molecule has 0 saturated heterocycles. The fourth-order valence-electron chi connectivity index (χ4n) is 3.43. The molecule has 2 rings (SSSR count). The van der Waals surface area contributed by atoms with E-state index in [1.165, 1.54) is 41.3 Å². The first-order valence-corrected chi connectivity index (χ1v) is 14.2. The van der Waals surface area contributed by atoms with E-state index in [1.54, 1.807) is 6.92 Å². The van der Waals surface area contributed by atoms with Crippen molar-refractivity contribution < 1.29 is 22.4 Å². The molecule has 0 saturated carbocycles. The molecule has 1 N–H and O–H groups in total. The number of halogens is 4. The first kappa shape index (κ1) is 30.2. The average molecular weight is 581 g/mol. The van der Waals surface area contributed by atoms with Gasteiger partial charge in [0.15, 0.2) is 0 Å². The number of anilines is 1. The molecule has 2 aromatic rings. The van der Waals surface area contributed by atoms with Crippen LogP contribution in [0.3, 0.4) is 0 Å². The molecule has 0 aliphatic carbocycles. The van der Waals surface area contributed by atoms with Gasteiger partial charge in [-0.1, -0.05) is 67.7 Å². The van der Waals surface area contributed by atoms with E-state index in [4.69, 9.17) is 34.8 Å². The highest BCUT2D eigenvalue weighted by Crippen LogP contribution is 2.35. The van der Waals surface area contributed by atoms with E-state index >= 15 is 0 Å². The van der Waals surface area contributed by atoms with Gasteiger partial charge in [0.2, 0.25) is 21.8 Å². The molecule has 0 radical (unpaired) electrons. The number of hydrogen-bond donors (Lipinski definition) is 1. The summed E-state index contributed by atoms with van der Waals surface area (Å²) in [5, 5.41) is 2.98. The second kappa shape index (κ2) is 12.9. The van der Waals surface area contributed by atoms with Gasteiger partial charge in [0, 0.05) is 13.1 Å². The van der Waals surface area contributed by atoms with E-state index in [0.717, 1.165) is 10.6 Å². The lowest BCUT2D eigenvalue weighted by Gasteiger charge is -2.33. The maximum absolute atomic E-state index is 13.6. The Balaban J connectivity index is 2.48. The van der Waals surface area contributed by atoms with E-state index in [0.29, 0.717) is 12.1 Å². The molecule has 36 heavy (non-hydrogen) atoms. The van der Waals surface area contributed by atoms with Crippen molar-refractivity contribution in [2.45, 2.75) is 39.8 Å². The molecule has 0 aliphatic rings. The van der Waals surface area contributed by atoms with Crippen molar-refractivity contribution in [2.75, 3.05) is 23.7 Å². The molecule has 198 valence electrons. The maximum atomic E-state index is 13.6. The summed E-state index contributed by atoms with van der Waals surface area (Å²) in [7, 11) is -4.00. The zero-order valence-corrected chi connectivity index (χ0v) is 23.5. The van der Waals surface area contributed by atoms with Crippen molar-refractivity contribution >= 4 is 62.3 Å². The first-order chi connectivity index (χ1) is 16.7. The highest BCUT2D eigenvalue weighted by Gasteiger charge is 2.32. The Labute approximate surface area is 226 Å². The lowest BCUT2D eigenvalue weighted by molar-refractivity contribution is -0.140. The number of rotatable bonds is 11. The van der Waals surface area contributed by atoms with Crippen LogP contribution in [-0.4, -0.2) is 50.5 Å². The Kier molecular flexibility index (Phi) is 10.8. The molecule has 1 atom stereocenters. The van der Waals surface area contributed by atoms with Crippen LogP contribution < -0.4 is 9.62 Å². The van der Waals surface area contributed by atoms with Crippen molar-refractivity contribution in [2.24, 2.45) is 5.92 Å². The summed E-state index contributed by atoms with van der Waals surface area (Å²) in [6, 6.07) is 7.14. The number of hydrogen-bond acceptors (Lipinski definition) is 4. The van der Waals surface area contributed by atoms with Gasteiger partial charge in [0.25, 0.3) is 0 Å². The van der Waals surface area contributed by atoms with Crippen LogP contribution in [-0.2, 0) is 26.2 Å². The number of carbonyl (C=O) groups excluding carboxylic acids is 2. The Morgan fingerprint density at radius 3 is 2.14 bits per heavy atom. The smallest absolute Gasteiger partial charge is 0.244 e. The molecule has 12 heteroatoms. The van der Waals surface area contributed by atoms with Crippen LogP contribution in [0.2, 0.25) is 15.1 Å². The second-order valence-corrected chi connectivity index (χ2v) is 11.8. The van der Waals surface area contributed by atoms with Crippen LogP contribution >= 0.6 is 34.8 Å². The predicted octanol–water partition coefficient (Wildman–Crippen LogP) is 5.13. The summed E-state index contributed by atoms with van der Waals surface area (Å²) in [6.07, 6.45) is 1.19.